The fourth-order valence-electron chi connectivity index (χ4n) is 8.54. The van der Waals surface area contributed by atoms with E-state index in [0.29, 0.717) is 49.0 Å². The fourth-order valence-corrected chi connectivity index (χ4v) is 10.1. The lowest BCUT2D eigenvalue weighted by atomic mass is 9.99. The number of carbonyl (C=O) groups excluding carboxylic acids is 1. The van der Waals surface area contributed by atoms with Crippen molar-refractivity contribution in [3.63, 3.8) is 0 Å². The first-order chi connectivity index (χ1) is 26.6. The minimum Gasteiger partial charge on any atom is -0.489 e. The lowest BCUT2D eigenvalue weighted by Crippen LogP contribution is -2.51. The van der Waals surface area contributed by atoms with Crippen molar-refractivity contribution in [1.82, 2.24) is 9.21 Å². The number of ether oxygens (including phenoxy) is 7. The Morgan fingerprint density at radius 3 is 2.56 bits per heavy atom. The van der Waals surface area contributed by atoms with E-state index < -0.39 is 40.1 Å². The maximum absolute atomic E-state index is 14.5. The molecule has 1 saturated carbocycles. The number of fused-ring (bicyclic) bond motifs is 2. The average Bonchev–Trinajstić information content (AvgIpc) is 4.02. The molecule has 0 N–H and O–H groups in total. The third kappa shape index (κ3) is 7.99. The summed E-state index contributed by atoms with van der Waals surface area (Å²) in [6.45, 7) is 5.13. The second-order valence-corrected chi connectivity index (χ2v) is 17.4. The molecule has 1 amide bonds. The maximum atomic E-state index is 14.5. The zero-order chi connectivity index (χ0) is 38.2. The molecule has 8 rings (SSSR count). The van der Waals surface area contributed by atoms with Crippen molar-refractivity contribution in [3.05, 3.63) is 83.4 Å². The predicted octanol–water partition coefficient (Wildman–Crippen LogP) is 5.99. The highest BCUT2D eigenvalue weighted by atomic mass is 32.2. The summed E-state index contributed by atoms with van der Waals surface area (Å²) in [5.74, 6) is 1.70. The summed E-state index contributed by atoms with van der Waals surface area (Å²) >= 11 is 0. The predicted molar refractivity (Wildman–Crippen MR) is 198 cm³/mol. The van der Waals surface area contributed by atoms with Crippen molar-refractivity contribution in [2.45, 2.75) is 94.1 Å². The summed E-state index contributed by atoms with van der Waals surface area (Å²) < 4.78 is 72.0. The van der Waals surface area contributed by atoms with Gasteiger partial charge in [0.2, 0.25) is 16.8 Å². The molecule has 0 spiro atoms. The van der Waals surface area contributed by atoms with E-state index >= 15 is 0 Å². The first-order valence-corrected chi connectivity index (χ1v) is 20.5. The summed E-state index contributed by atoms with van der Waals surface area (Å²) in [7, 11) is -4.02. The number of rotatable bonds is 12. The van der Waals surface area contributed by atoms with E-state index in [9.17, 15) is 18.5 Å². The van der Waals surface area contributed by atoms with E-state index in [4.69, 9.17) is 33.2 Å². The first-order valence-electron chi connectivity index (χ1n) is 19.1. The van der Waals surface area contributed by atoms with Gasteiger partial charge >= 0.3 is 6.09 Å². The largest absolute Gasteiger partial charge is 0.489 e. The molecular formula is C41H47N3O10S. The van der Waals surface area contributed by atoms with Crippen LogP contribution < -0.4 is 14.2 Å². The van der Waals surface area contributed by atoms with Crippen molar-refractivity contribution < 1.29 is 46.4 Å². The molecule has 4 unspecified atom stereocenters. The highest BCUT2D eigenvalue weighted by molar-refractivity contribution is 7.89. The number of hydrogen-bond donors (Lipinski definition) is 0. The van der Waals surface area contributed by atoms with Gasteiger partial charge in [0.15, 0.2) is 17.8 Å². The molecule has 0 bridgehead atoms. The lowest BCUT2D eigenvalue weighted by molar-refractivity contribution is -0.0911. The van der Waals surface area contributed by atoms with E-state index in [1.165, 1.54) is 10.4 Å². The van der Waals surface area contributed by atoms with Crippen LogP contribution in [0, 0.1) is 23.2 Å². The molecule has 4 fully saturated rings. The second-order valence-electron chi connectivity index (χ2n) is 15.4. The highest BCUT2D eigenvalue weighted by Crippen LogP contribution is 2.40. The van der Waals surface area contributed by atoms with E-state index in [-0.39, 0.29) is 43.0 Å². The van der Waals surface area contributed by atoms with Gasteiger partial charge in [-0.05, 0) is 93.0 Å². The van der Waals surface area contributed by atoms with Crippen LogP contribution in [0.15, 0.2) is 71.6 Å². The lowest BCUT2D eigenvalue weighted by Gasteiger charge is -2.34. The third-order valence-electron chi connectivity index (χ3n) is 11.3. The molecule has 3 saturated heterocycles. The van der Waals surface area contributed by atoms with Gasteiger partial charge in [0.05, 0.1) is 47.8 Å². The highest BCUT2D eigenvalue weighted by Gasteiger charge is 2.53. The van der Waals surface area contributed by atoms with Crippen molar-refractivity contribution in [2.24, 2.45) is 11.8 Å². The monoisotopic (exact) mass is 773 g/mol. The summed E-state index contributed by atoms with van der Waals surface area (Å²) in [6, 6.07) is 21.2. The number of amides is 1. The van der Waals surface area contributed by atoms with E-state index in [1.54, 1.807) is 29.2 Å². The number of carbonyl (C=O) groups is 1. The van der Waals surface area contributed by atoms with Crippen LogP contribution in [0.4, 0.5) is 4.79 Å². The Kier molecular flexibility index (Phi) is 10.7. The first kappa shape index (κ1) is 37.5. The Morgan fingerprint density at radius 2 is 1.76 bits per heavy atom. The van der Waals surface area contributed by atoms with Crippen LogP contribution in [0.2, 0.25) is 0 Å². The van der Waals surface area contributed by atoms with Crippen LogP contribution in [-0.4, -0.2) is 87.1 Å². The minimum absolute atomic E-state index is 0.0270. The van der Waals surface area contributed by atoms with Gasteiger partial charge < -0.3 is 33.2 Å². The van der Waals surface area contributed by atoms with Crippen LogP contribution in [0.1, 0.15) is 62.6 Å². The number of sulfonamides is 1. The molecule has 5 aliphatic rings. The molecule has 5 atom stereocenters. The van der Waals surface area contributed by atoms with E-state index in [0.717, 1.165) is 43.2 Å². The normalized spacial score (nSPS) is 25.6. The van der Waals surface area contributed by atoms with Gasteiger partial charge in [0, 0.05) is 19.2 Å². The van der Waals surface area contributed by atoms with Gasteiger partial charge in [0.25, 0.3) is 0 Å². The average molecular weight is 774 g/mol. The number of hydrogen-bond acceptors (Lipinski definition) is 11. The Balaban J connectivity index is 1.07. The number of nitriles is 1. The summed E-state index contributed by atoms with van der Waals surface area (Å²) in [5.41, 5.74) is 1.23. The summed E-state index contributed by atoms with van der Waals surface area (Å²) in [4.78, 5) is 16.0. The molecule has 1 aliphatic carbocycles. The minimum atomic E-state index is -4.02. The molecule has 0 aromatic heterocycles. The number of nitrogens with zero attached hydrogens (tertiary/aromatic N) is 3. The smallest absolute Gasteiger partial charge is 0.412 e. The molecule has 13 nitrogen and oxygen atoms in total. The van der Waals surface area contributed by atoms with Gasteiger partial charge in [0.1, 0.15) is 24.2 Å². The zero-order valence-corrected chi connectivity index (χ0v) is 31.9. The molecule has 4 heterocycles. The Bertz CT molecular complexity index is 2010. The van der Waals surface area contributed by atoms with Crippen LogP contribution in [0.5, 0.6) is 17.2 Å². The topological polar surface area (TPSA) is 146 Å². The zero-order valence-electron chi connectivity index (χ0n) is 31.1. The van der Waals surface area contributed by atoms with Crippen LogP contribution in [-0.2, 0) is 42.0 Å². The van der Waals surface area contributed by atoms with Crippen molar-refractivity contribution in [3.8, 4) is 23.3 Å². The van der Waals surface area contributed by atoms with Gasteiger partial charge in [-0.1, -0.05) is 37.1 Å². The van der Waals surface area contributed by atoms with Crippen molar-refractivity contribution in [2.75, 3.05) is 33.1 Å². The molecule has 14 heteroatoms. The quantitative estimate of drug-likeness (QED) is 0.214. The molecule has 55 heavy (non-hydrogen) atoms. The molecule has 292 valence electrons. The maximum Gasteiger partial charge on any atom is 0.412 e. The number of benzene rings is 3. The van der Waals surface area contributed by atoms with Gasteiger partial charge in [-0.25, -0.2) is 13.2 Å². The van der Waals surface area contributed by atoms with E-state index in [2.05, 4.69) is 6.07 Å². The molecular weight excluding hydrogens is 727 g/mol. The molecule has 0 radical (unpaired) electrons. The van der Waals surface area contributed by atoms with Crippen molar-refractivity contribution >= 4 is 16.1 Å². The molecule has 3 aromatic rings. The Labute approximate surface area is 322 Å². The third-order valence-corrected chi connectivity index (χ3v) is 13.2. The second kappa shape index (κ2) is 15.6. The summed E-state index contributed by atoms with van der Waals surface area (Å²) in [6.07, 6.45) is 3.02. The van der Waals surface area contributed by atoms with Gasteiger partial charge in [-0.2, -0.15) is 9.57 Å². The standard InChI is InChI=1S/C41H47N3O10S/c1-41(2)44(40(45)53-38-25-50-39-33(38)16-17-48-39)34(19-27-10-12-31(13-11-27)49-24-30-9-5-8-29(18-30)21-42)37(54-41)23-43(22-28-6-3-4-7-28)55(46,47)32-14-15-35-36(20-32)52-26-51-35/h5,8-15,18,20,28,33-34,37-39H,3-4,6-7,16-17,19,22-26H2,1-2H3/t33?,34?,37?,38?,39-/m1/s1. The van der Waals surface area contributed by atoms with E-state index in [1.807, 2.05) is 50.2 Å². The fraction of sp³-hybridized carbons (Fsp3) is 0.512. The SMILES string of the molecule is CC1(C)OC(CN(CC2CCCC2)S(=O)(=O)c2ccc3c(c2)OCO3)C(Cc2ccc(OCc3cccc(C#N)c3)cc2)N1C(=O)OC1CO[C@H]2OCCC12. The van der Waals surface area contributed by atoms with Crippen molar-refractivity contribution in [1.29, 1.82) is 5.26 Å². The Hall–Kier alpha value is -4.39. The van der Waals surface area contributed by atoms with Gasteiger partial charge in [-0.3, -0.25) is 4.90 Å². The molecule has 3 aromatic carbocycles. The Morgan fingerprint density at radius 1 is 0.964 bits per heavy atom. The summed E-state index contributed by atoms with van der Waals surface area (Å²) in [5, 5.41) is 9.26. The van der Waals surface area contributed by atoms with Gasteiger partial charge in [-0.15, -0.1) is 0 Å². The van der Waals surface area contributed by atoms with Crippen LogP contribution >= 0.6 is 0 Å². The molecule has 4 aliphatic heterocycles. The van der Waals surface area contributed by atoms with Crippen LogP contribution in [0.3, 0.4) is 0 Å². The van der Waals surface area contributed by atoms with Crippen LogP contribution in [0.25, 0.3) is 0 Å².